The molecule has 1 aliphatic rings. The van der Waals surface area contributed by atoms with Crippen molar-refractivity contribution in [2.75, 3.05) is 18.1 Å². The monoisotopic (exact) mass is 198 g/mol. The van der Waals surface area contributed by atoms with E-state index in [-0.39, 0.29) is 0 Å². The highest BCUT2D eigenvalue weighted by atomic mass is 32.2. The third-order valence-electron chi connectivity index (χ3n) is 2.23. The van der Waals surface area contributed by atoms with Gasteiger partial charge in [0.15, 0.2) is 0 Å². The summed E-state index contributed by atoms with van der Waals surface area (Å²) in [6.07, 6.45) is 2.61. The van der Waals surface area contributed by atoms with Crippen molar-refractivity contribution in [1.29, 1.82) is 0 Å². The molecule has 1 aliphatic heterocycles. The van der Waals surface area contributed by atoms with Crippen LogP contribution in [0.1, 0.15) is 5.82 Å². The van der Waals surface area contributed by atoms with E-state index in [2.05, 4.69) is 15.4 Å². The average Bonchev–Trinajstić information content (AvgIpc) is 2.54. The maximum atomic E-state index is 4.21. The second kappa shape index (κ2) is 4.11. The minimum atomic E-state index is 0.571. The van der Waals surface area contributed by atoms with Crippen molar-refractivity contribution in [2.45, 2.75) is 12.5 Å². The molecule has 13 heavy (non-hydrogen) atoms. The molecule has 1 fully saturated rings. The highest BCUT2D eigenvalue weighted by Crippen LogP contribution is 2.10. The van der Waals surface area contributed by atoms with Gasteiger partial charge < -0.3 is 5.32 Å². The Bertz CT molecular complexity index is 267. The molecule has 1 saturated heterocycles. The summed E-state index contributed by atoms with van der Waals surface area (Å²) in [5.74, 6) is 3.49. The van der Waals surface area contributed by atoms with Gasteiger partial charge in [-0.05, 0) is 0 Å². The van der Waals surface area contributed by atoms with Crippen LogP contribution >= 0.6 is 11.8 Å². The molecule has 1 aromatic heterocycles. The summed E-state index contributed by atoms with van der Waals surface area (Å²) in [5, 5.41) is 7.54. The summed E-state index contributed by atoms with van der Waals surface area (Å²) in [6.45, 7) is 1.12. The summed E-state index contributed by atoms with van der Waals surface area (Å²) in [5.41, 5.74) is 0. The largest absolute Gasteiger partial charge is 0.312 e. The molecule has 0 aliphatic carbocycles. The lowest BCUT2D eigenvalue weighted by atomic mass is 10.2. The Morgan fingerprint density at radius 3 is 3.31 bits per heavy atom. The molecule has 2 rings (SSSR count). The standard InChI is InChI=1S/C8H14N4S/c1-12-8(10-6-11-12)4-7-5-13-3-2-9-7/h6-7,9H,2-5H2,1H3. The Morgan fingerprint density at radius 1 is 1.77 bits per heavy atom. The zero-order chi connectivity index (χ0) is 9.10. The molecule has 0 bridgehead atoms. The first-order valence-electron chi connectivity index (χ1n) is 4.50. The molecule has 0 radical (unpaired) electrons. The molecule has 0 aromatic carbocycles. The van der Waals surface area contributed by atoms with Crippen LogP contribution in [0.4, 0.5) is 0 Å². The Morgan fingerprint density at radius 2 is 2.69 bits per heavy atom. The first-order valence-corrected chi connectivity index (χ1v) is 5.66. The zero-order valence-electron chi connectivity index (χ0n) is 7.73. The maximum Gasteiger partial charge on any atom is 0.138 e. The van der Waals surface area contributed by atoms with Gasteiger partial charge in [-0.15, -0.1) is 0 Å². The molecule has 5 heteroatoms. The molecule has 1 atom stereocenters. The second-order valence-electron chi connectivity index (χ2n) is 3.23. The van der Waals surface area contributed by atoms with Gasteiger partial charge in [0, 0.05) is 37.6 Å². The van der Waals surface area contributed by atoms with Crippen LogP contribution in [0.3, 0.4) is 0 Å². The third-order valence-corrected chi connectivity index (χ3v) is 3.36. The SMILES string of the molecule is Cn1ncnc1CC1CSCCN1. The van der Waals surface area contributed by atoms with Gasteiger partial charge in [0.1, 0.15) is 12.2 Å². The number of aryl methyl sites for hydroxylation is 1. The number of rotatable bonds is 2. The molecule has 1 N–H and O–H groups in total. The molecule has 0 spiro atoms. The van der Waals surface area contributed by atoms with Crippen LogP contribution in [0.25, 0.3) is 0 Å². The van der Waals surface area contributed by atoms with Crippen molar-refractivity contribution in [2.24, 2.45) is 7.05 Å². The predicted octanol–water partition coefficient (Wildman–Crippen LogP) is 0.0626. The predicted molar refractivity (Wildman–Crippen MR) is 53.8 cm³/mol. The van der Waals surface area contributed by atoms with E-state index >= 15 is 0 Å². The summed E-state index contributed by atoms with van der Waals surface area (Å²) in [7, 11) is 1.94. The number of nitrogens with one attached hydrogen (secondary N) is 1. The highest BCUT2D eigenvalue weighted by molar-refractivity contribution is 7.99. The van der Waals surface area contributed by atoms with Gasteiger partial charge in [-0.25, -0.2) is 4.98 Å². The zero-order valence-corrected chi connectivity index (χ0v) is 8.55. The minimum absolute atomic E-state index is 0.571. The number of hydrogen-bond acceptors (Lipinski definition) is 4. The molecule has 2 heterocycles. The van der Waals surface area contributed by atoms with E-state index in [0.29, 0.717) is 6.04 Å². The third kappa shape index (κ3) is 2.22. The summed E-state index contributed by atoms with van der Waals surface area (Å²) in [4.78, 5) is 4.21. The lowest BCUT2D eigenvalue weighted by Crippen LogP contribution is -2.39. The summed E-state index contributed by atoms with van der Waals surface area (Å²) < 4.78 is 1.85. The van der Waals surface area contributed by atoms with E-state index in [9.17, 15) is 0 Å². The topological polar surface area (TPSA) is 42.7 Å². The average molecular weight is 198 g/mol. The molecule has 1 unspecified atom stereocenters. The number of nitrogens with zero attached hydrogens (tertiary/aromatic N) is 3. The Labute approximate surface area is 82.1 Å². The lowest BCUT2D eigenvalue weighted by molar-refractivity contribution is 0.534. The molecule has 0 saturated carbocycles. The Hall–Kier alpha value is -0.550. The number of aromatic nitrogens is 3. The molecule has 72 valence electrons. The van der Waals surface area contributed by atoms with Crippen LogP contribution in [0, 0.1) is 0 Å². The lowest BCUT2D eigenvalue weighted by Gasteiger charge is -2.22. The van der Waals surface area contributed by atoms with E-state index in [0.717, 1.165) is 18.8 Å². The fourth-order valence-electron chi connectivity index (χ4n) is 1.48. The van der Waals surface area contributed by atoms with Gasteiger partial charge in [0.25, 0.3) is 0 Å². The van der Waals surface area contributed by atoms with E-state index in [1.54, 1.807) is 6.33 Å². The van der Waals surface area contributed by atoms with Gasteiger partial charge in [0.2, 0.25) is 0 Å². The molecular weight excluding hydrogens is 184 g/mol. The normalized spacial score (nSPS) is 23.3. The molecule has 0 amide bonds. The van der Waals surface area contributed by atoms with Gasteiger partial charge in [-0.2, -0.15) is 16.9 Å². The first kappa shape index (κ1) is 9.02. The quantitative estimate of drug-likeness (QED) is 0.730. The van der Waals surface area contributed by atoms with Crippen LogP contribution in [-0.4, -0.2) is 38.9 Å². The van der Waals surface area contributed by atoms with Crippen LogP contribution in [0.2, 0.25) is 0 Å². The first-order chi connectivity index (χ1) is 6.36. The van der Waals surface area contributed by atoms with Crippen molar-refractivity contribution in [3.05, 3.63) is 12.2 Å². The molecule has 4 nitrogen and oxygen atoms in total. The van der Waals surface area contributed by atoms with Crippen molar-refractivity contribution in [3.63, 3.8) is 0 Å². The number of thioether (sulfide) groups is 1. The summed E-state index contributed by atoms with van der Waals surface area (Å²) >= 11 is 2.01. The van der Waals surface area contributed by atoms with Crippen LogP contribution < -0.4 is 5.32 Å². The summed E-state index contributed by atoms with van der Waals surface area (Å²) in [6, 6.07) is 0.571. The molecular formula is C8H14N4S. The van der Waals surface area contributed by atoms with Gasteiger partial charge in [-0.3, -0.25) is 4.68 Å². The van der Waals surface area contributed by atoms with E-state index in [4.69, 9.17) is 0 Å². The van der Waals surface area contributed by atoms with E-state index in [1.165, 1.54) is 11.5 Å². The number of hydrogen-bond donors (Lipinski definition) is 1. The van der Waals surface area contributed by atoms with Crippen LogP contribution in [0.5, 0.6) is 0 Å². The maximum absolute atomic E-state index is 4.21. The smallest absolute Gasteiger partial charge is 0.138 e. The Balaban J connectivity index is 1.93. The van der Waals surface area contributed by atoms with Gasteiger partial charge >= 0.3 is 0 Å². The fourth-order valence-corrected chi connectivity index (χ4v) is 2.43. The van der Waals surface area contributed by atoms with Crippen molar-refractivity contribution >= 4 is 11.8 Å². The molecule has 1 aromatic rings. The second-order valence-corrected chi connectivity index (χ2v) is 4.38. The fraction of sp³-hybridized carbons (Fsp3) is 0.750. The van der Waals surface area contributed by atoms with Crippen molar-refractivity contribution in [3.8, 4) is 0 Å². The van der Waals surface area contributed by atoms with Crippen LogP contribution in [0.15, 0.2) is 6.33 Å². The van der Waals surface area contributed by atoms with Crippen molar-refractivity contribution < 1.29 is 0 Å². The minimum Gasteiger partial charge on any atom is -0.312 e. The van der Waals surface area contributed by atoms with E-state index in [1.807, 2.05) is 23.5 Å². The van der Waals surface area contributed by atoms with Crippen molar-refractivity contribution in [1.82, 2.24) is 20.1 Å². The van der Waals surface area contributed by atoms with Gasteiger partial charge in [0.05, 0.1) is 0 Å². The van der Waals surface area contributed by atoms with Crippen LogP contribution in [-0.2, 0) is 13.5 Å². The highest BCUT2D eigenvalue weighted by Gasteiger charge is 2.15. The van der Waals surface area contributed by atoms with E-state index < -0.39 is 0 Å². The van der Waals surface area contributed by atoms with Gasteiger partial charge in [-0.1, -0.05) is 0 Å². The Kier molecular flexibility index (Phi) is 2.85.